The Balaban J connectivity index is 1.18. The minimum Gasteiger partial charge on any atom is -0.493 e. The van der Waals surface area contributed by atoms with Crippen LogP contribution in [0.3, 0.4) is 0 Å². The van der Waals surface area contributed by atoms with Crippen molar-refractivity contribution >= 4 is 23.6 Å². The number of carbonyl (C=O) groups excluding carboxylic acids is 2. The fraction of sp³-hybridized carbons (Fsp3) is 0.171. The van der Waals surface area contributed by atoms with Crippen molar-refractivity contribution in [1.29, 1.82) is 0 Å². The highest BCUT2D eigenvalue weighted by Crippen LogP contribution is 2.36. The highest BCUT2D eigenvalue weighted by Gasteiger charge is 2.39. The Morgan fingerprint density at radius 2 is 1.59 bits per heavy atom. The van der Waals surface area contributed by atoms with Crippen molar-refractivity contribution in [2.45, 2.75) is 24.9 Å². The van der Waals surface area contributed by atoms with Crippen molar-refractivity contribution in [2.24, 2.45) is 5.73 Å². The molecule has 4 aromatic carbocycles. The van der Waals surface area contributed by atoms with E-state index >= 15 is 0 Å². The Kier molecular flexibility index (Phi) is 8.72. The number of aromatic nitrogens is 2. The first kappa shape index (κ1) is 29.2. The molecule has 44 heavy (non-hydrogen) atoms. The predicted molar refractivity (Wildman–Crippen MR) is 170 cm³/mol. The molecule has 0 spiro atoms. The van der Waals surface area contributed by atoms with Crippen LogP contribution in [0.15, 0.2) is 115 Å². The number of nitrogens with two attached hydrogens (primary N) is 1. The lowest BCUT2D eigenvalue weighted by Gasteiger charge is -2.23. The fourth-order valence-corrected chi connectivity index (χ4v) is 5.54. The number of benzene rings is 4. The van der Waals surface area contributed by atoms with Gasteiger partial charge in [-0.2, -0.15) is 5.10 Å². The molecule has 9 heteroatoms. The average Bonchev–Trinajstić information content (AvgIpc) is 3.65. The Morgan fingerprint density at radius 1 is 0.932 bits per heavy atom. The number of ether oxygens (including phenoxy) is 2. The van der Waals surface area contributed by atoms with E-state index in [1.165, 1.54) is 0 Å². The SMILES string of the molecule is N[C@H](CCOc1ccccc1-c1cc(-c2ccccc2Cl)n(-c2ccccc2)n1)C(=O)N1C(=O)OC[C@H]1Cc1ccccc1. The van der Waals surface area contributed by atoms with Gasteiger partial charge in [0, 0.05) is 22.6 Å². The second-order valence-electron chi connectivity index (χ2n) is 10.5. The number of imide groups is 1. The van der Waals surface area contributed by atoms with Crippen LogP contribution in [0, 0.1) is 0 Å². The van der Waals surface area contributed by atoms with E-state index in [2.05, 4.69) is 0 Å². The normalized spacial score (nSPS) is 15.2. The maximum absolute atomic E-state index is 13.2. The molecular weight excluding hydrogens is 576 g/mol. The monoisotopic (exact) mass is 606 g/mol. The number of amides is 2. The smallest absolute Gasteiger partial charge is 0.417 e. The summed E-state index contributed by atoms with van der Waals surface area (Å²) in [6.07, 6.45) is 0.0416. The molecular formula is C35H31ClN4O4. The Morgan fingerprint density at radius 3 is 2.34 bits per heavy atom. The lowest BCUT2D eigenvalue weighted by atomic mass is 10.0. The van der Waals surface area contributed by atoms with Crippen LogP contribution in [0.1, 0.15) is 12.0 Å². The van der Waals surface area contributed by atoms with Gasteiger partial charge >= 0.3 is 6.09 Å². The van der Waals surface area contributed by atoms with E-state index in [0.717, 1.165) is 33.0 Å². The van der Waals surface area contributed by atoms with Gasteiger partial charge in [0.15, 0.2) is 0 Å². The van der Waals surface area contributed by atoms with E-state index in [1.54, 1.807) is 0 Å². The average molecular weight is 607 g/mol. The largest absolute Gasteiger partial charge is 0.493 e. The molecule has 2 atom stereocenters. The highest BCUT2D eigenvalue weighted by molar-refractivity contribution is 6.33. The van der Waals surface area contributed by atoms with E-state index < -0.39 is 24.1 Å². The zero-order valence-electron chi connectivity index (χ0n) is 23.9. The third-order valence-electron chi connectivity index (χ3n) is 7.54. The minimum absolute atomic E-state index is 0.141. The van der Waals surface area contributed by atoms with Crippen molar-refractivity contribution in [3.8, 4) is 34.0 Å². The van der Waals surface area contributed by atoms with Gasteiger partial charge in [-0.15, -0.1) is 0 Å². The number of rotatable bonds is 10. The highest BCUT2D eigenvalue weighted by atomic mass is 35.5. The van der Waals surface area contributed by atoms with Gasteiger partial charge in [-0.05, 0) is 48.4 Å². The van der Waals surface area contributed by atoms with E-state index in [4.69, 9.17) is 31.9 Å². The number of carbonyl (C=O) groups is 2. The quantitative estimate of drug-likeness (QED) is 0.194. The van der Waals surface area contributed by atoms with E-state index in [-0.39, 0.29) is 19.6 Å². The molecule has 2 amide bonds. The Bertz CT molecular complexity index is 1760. The Labute approximate surface area is 260 Å². The lowest BCUT2D eigenvalue weighted by molar-refractivity contribution is -0.130. The third kappa shape index (κ3) is 6.22. The first-order valence-electron chi connectivity index (χ1n) is 14.4. The summed E-state index contributed by atoms with van der Waals surface area (Å²) in [4.78, 5) is 26.8. The molecule has 0 aliphatic carbocycles. The number of cyclic esters (lactones) is 1. The van der Waals surface area contributed by atoms with Crippen LogP contribution in [-0.4, -0.2) is 52.0 Å². The maximum atomic E-state index is 13.2. The first-order valence-corrected chi connectivity index (χ1v) is 14.8. The third-order valence-corrected chi connectivity index (χ3v) is 7.87. The zero-order chi connectivity index (χ0) is 30.5. The molecule has 0 unspecified atom stereocenters. The van der Waals surface area contributed by atoms with Crippen molar-refractivity contribution < 1.29 is 19.1 Å². The van der Waals surface area contributed by atoms with Crippen LogP contribution in [0.2, 0.25) is 5.02 Å². The van der Waals surface area contributed by atoms with E-state index in [0.29, 0.717) is 22.9 Å². The molecule has 0 radical (unpaired) electrons. The van der Waals surface area contributed by atoms with Gasteiger partial charge in [0.05, 0.1) is 35.8 Å². The lowest BCUT2D eigenvalue weighted by Crippen LogP contribution is -2.49. The summed E-state index contributed by atoms with van der Waals surface area (Å²) < 4.78 is 13.2. The van der Waals surface area contributed by atoms with Crippen LogP contribution >= 0.6 is 11.6 Å². The second-order valence-corrected chi connectivity index (χ2v) is 10.9. The number of nitrogens with zero attached hydrogens (tertiary/aromatic N) is 3. The van der Waals surface area contributed by atoms with Crippen LogP contribution in [-0.2, 0) is 16.0 Å². The maximum Gasteiger partial charge on any atom is 0.417 e. The molecule has 0 saturated carbocycles. The van der Waals surface area contributed by atoms with Gasteiger partial charge in [-0.1, -0.05) is 90.5 Å². The van der Waals surface area contributed by atoms with Crippen LogP contribution < -0.4 is 10.5 Å². The summed E-state index contributed by atoms with van der Waals surface area (Å²) in [7, 11) is 0. The summed E-state index contributed by atoms with van der Waals surface area (Å²) in [5, 5.41) is 5.56. The van der Waals surface area contributed by atoms with Crippen LogP contribution in [0.25, 0.3) is 28.2 Å². The van der Waals surface area contributed by atoms with Gasteiger partial charge in [-0.3, -0.25) is 4.79 Å². The number of hydrogen-bond donors (Lipinski definition) is 1. The molecule has 1 aliphatic heterocycles. The van der Waals surface area contributed by atoms with E-state index in [9.17, 15) is 9.59 Å². The molecule has 2 N–H and O–H groups in total. The van der Waals surface area contributed by atoms with Crippen molar-refractivity contribution in [3.63, 3.8) is 0 Å². The molecule has 5 aromatic rings. The first-order chi connectivity index (χ1) is 21.5. The molecule has 222 valence electrons. The summed E-state index contributed by atoms with van der Waals surface area (Å²) in [6.45, 7) is 0.300. The standard InChI is InChI=1S/C35H31ClN4O4/c36-29-17-9-7-15-27(29)32-22-31(38-40(32)25-13-5-2-6-14-25)28-16-8-10-18-33(28)43-20-19-30(37)34(41)39-26(23-44-35(39)42)21-24-11-3-1-4-12-24/h1-18,22,26,30H,19-21,23,37H2/t26-,30-/m1/s1. The van der Waals surface area contributed by atoms with Gasteiger partial charge in [0.25, 0.3) is 0 Å². The number of para-hydroxylation sites is 2. The molecule has 1 aromatic heterocycles. The fourth-order valence-electron chi connectivity index (χ4n) is 5.31. The number of halogens is 1. The van der Waals surface area contributed by atoms with Gasteiger partial charge in [-0.25, -0.2) is 14.4 Å². The molecule has 1 fully saturated rings. The van der Waals surface area contributed by atoms with Crippen molar-refractivity contribution in [2.75, 3.05) is 13.2 Å². The summed E-state index contributed by atoms with van der Waals surface area (Å²) >= 11 is 6.60. The zero-order valence-corrected chi connectivity index (χ0v) is 24.6. The number of hydrogen-bond acceptors (Lipinski definition) is 6. The molecule has 6 rings (SSSR count). The van der Waals surface area contributed by atoms with Gasteiger partial charge < -0.3 is 15.2 Å². The molecule has 2 heterocycles. The Hall–Kier alpha value is -4.92. The van der Waals surface area contributed by atoms with E-state index in [1.807, 2.05) is 120 Å². The van der Waals surface area contributed by atoms with Crippen LogP contribution in [0.4, 0.5) is 4.79 Å². The van der Waals surface area contributed by atoms with Gasteiger partial charge in [0.1, 0.15) is 12.4 Å². The summed E-state index contributed by atoms with van der Waals surface area (Å²) in [5.41, 5.74) is 11.4. The van der Waals surface area contributed by atoms with Crippen LogP contribution in [0.5, 0.6) is 5.75 Å². The molecule has 1 aliphatic rings. The second kappa shape index (κ2) is 13.2. The predicted octanol–water partition coefficient (Wildman–Crippen LogP) is 6.55. The topological polar surface area (TPSA) is 99.7 Å². The molecule has 0 bridgehead atoms. The molecule has 8 nitrogen and oxygen atoms in total. The minimum atomic E-state index is -0.935. The summed E-state index contributed by atoms with van der Waals surface area (Å²) in [6, 6.07) is 35.4. The summed E-state index contributed by atoms with van der Waals surface area (Å²) in [5.74, 6) is 0.120. The van der Waals surface area contributed by atoms with Crippen molar-refractivity contribution in [1.82, 2.24) is 14.7 Å². The van der Waals surface area contributed by atoms with Crippen molar-refractivity contribution in [3.05, 3.63) is 126 Å². The molecule has 1 saturated heterocycles. The van der Waals surface area contributed by atoms with Gasteiger partial charge in [0.2, 0.25) is 5.91 Å².